The lowest BCUT2D eigenvalue weighted by atomic mass is 9.97. The smallest absolute Gasteiger partial charge is 0.123 e. The molecule has 0 radical (unpaired) electrons. The maximum absolute atomic E-state index is 5.52. The fourth-order valence-corrected chi connectivity index (χ4v) is 2.98. The molecule has 1 atom stereocenters. The molecule has 1 aromatic carbocycles. The van der Waals surface area contributed by atoms with Crippen LogP contribution in [-0.2, 0) is 0 Å². The molecule has 0 amide bonds. The molecule has 1 N–H and O–H groups in total. The molecule has 3 nitrogen and oxygen atoms in total. The van der Waals surface area contributed by atoms with E-state index in [2.05, 4.69) is 42.3 Å². The van der Waals surface area contributed by atoms with Crippen molar-refractivity contribution in [3.63, 3.8) is 0 Å². The third-order valence-electron chi connectivity index (χ3n) is 4.28. The molecule has 0 aliphatic carbocycles. The average Bonchev–Trinajstić information content (AvgIpc) is 2.49. The van der Waals surface area contributed by atoms with Crippen LogP contribution in [0.3, 0.4) is 0 Å². The number of ether oxygens (including phenoxy) is 1. The van der Waals surface area contributed by atoms with Gasteiger partial charge in [-0.2, -0.15) is 0 Å². The molecule has 20 heavy (non-hydrogen) atoms. The zero-order valence-corrected chi connectivity index (χ0v) is 13.1. The highest BCUT2D eigenvalue weighted by Gasteiger charge is 2.21. The summed E-state index contributed by atoms with van der Waals surface area (Å²) >= 11 is 0. The number of methoxy groups -OCH3 is 1. The van der Waals surface area contributed by atoms with E-state index in [4.69, 9.17) is 4.74 Å². The Kier molecular flexibility index (Phi) is 5.86. The Morgan fingerprint density at radius 3 is 2.65 bits per heavy atom. The number of likely N-dealkylation sites (tertiary alicyclic amines) is 1. The monoisotopic (exact) mass is 276 g/mol. The van der Waals surface area contributed by atoms with Crippen LogP contribution in [0, 0.1) is 5.92 Å². The van der Waals surface area contributed by atoms with Crippen molar-refractivity contribution in [3.05, 3.63) is 29.8 Å². The number of benzene rings is 1. The van der Waals surface area contributed by atoms with E-state index in [9.17, 15) is 0 Å². The Bertz CT molecular complexity index is 400. The van der Waals surface area contributed by atoms with E-state index in [1.165, 1.54) is 31.5 Å². The first-order chi connectivity index (χ1) is 9.74. The van der Waals surface area contributed by atoms with Gasteiger partial charge in [0.05, 0.1) is 7.11 Å². The third-order valence-corrected chi connectivity index (χ3v) is 4.28. The molecule has 0 bridgehead atoms. The first-order valence-corrected chi connectivity index (χ1v) is 7.83. The zero-order chi connectivity index (χ0) is 14.4. The minimum absolute atomic E-state index is 0.351. The number of nitrogens with one attached hydrogen (secondary N) is 1. The van der Waals surface area contributed by atoms with Gasteiger partial charge < -0.3 is 15.0 Å². The predicted octanol–water partition coefficient (Wildman–Crippen LogP) is 3.08. The van der Waals surface area contributed by atoms with Gasteiger partial charge in [0.15, 0.2) is 0 Å². The fraction of sp³-hybridized carbons (Fsp3) is 0.647. The van der Waals surface area contributed by atoms with E-state index in [1.807, 2.05) is 6.07 Å². The Morgan fingerprint density at radius 2 is 2.00 bits per heavy atom. The summed E-state index contributed by atoms with van der Waals surface area (Å²) in [5.41, 5.74) is 1.27. The van der Waals surface area contributed by atoms with E-state index in [0.717, 1.165) is 24.8 Å². The van der Waals surface area contributed by atoms with E-state index >= 15 is 0 Å². The summed E-state index contributed by atoms with van der Waals surface area (Å²) in [5.74, 6) is 1.87. The van der Waals surface area contributed by atoms with Crippen LogP contribution in [0.1, 0.15) is 38.3 Å². The minimum atomic E-state index is 0.351. The Balaban J connectivity index is 2.06. The summed E-state index contributed by atoms with van der Waals surface area (Å²) in [6.45, 7) is 9.02. The zero-order valence-electron chi connectivity index (χ0n) is 13.1. The van der Waals surface area contributed by atoms with Gasteiger partial charge in [-0.1, -0.05) is 32.0 Å². The van der Waals surface area contributed by atoms with Crippen molar-refractivity contribution in [1.29, 1.82) is 0 Å². The first kappa shape index (κ1) is 15.3. The summed E-state index contributed by atoms with van der Waals surface area (Å²) in [4.78, 5) is 2.58. The second-order valence-corrected chi connectivity index (χ2v) is 5.84. The highest BCUT2D eigenvalue weighted by atomic mass is 16.5. The number of likely N-dealkylation sites (N-methyl/N-ethyl adjacent to an activating group) is 1. The number of hydrogen-bond acceptors (Lipinski definition) is 3. The van der Waals surface area contributed by atoms with Crippen molar-refractivity contribution < 1.29 is 4.74 Å². The molecular weight excluding hydrogens is 248 g/mol. The molecule has 1 aromatic rings. The van der Waals surface area contributed by atoms with Crippen molar-refractivity contribution in [2.45, 2.75) is 32.7 Å². The van der Waals surface area contributed by atoms with Crippen molar-refractivity contribution in [2.24, 2.45) is 5.92 Å². The summed E-state index contributed by atoms with van der Waals surface area (Å²) in [6, 6.07) is 8.72. The van der Waals surface area contributed by atoms with Gasteiger partial charge in [0.2, 0.25) is 0 Å². The highest BCUT2D eigenvalue weighted by Crippen LogP contribution is 2.26. The van der Waals surface area contributed by atoms with Crippen molar-refractivity contribution >= 4 is 0 Å². The quantitative estimate of drug-likeness (QED) is 0.864. The van der Waals surface area contributed by atoms with Gasteiger partial charge >= 0.3 is 0 Å². The standard InChI is InChI=1S/C17H28N2O/c1-4-18-16(13-19-11-9-14(2)10-12-19)15-7-5-6-8-17(15)20-3/h5-8,14,16,18H,4,9-13H2,1-3H3. The lowest BCUT2D eigenvalue weighted by molar-refractivity contribution is 0.174. The summed E-state index contributed by atoms with van der Waals surface area (Å²) in [7, 11) is 1.75. The number of nitrogens with zero attached hydrogens (tertiary/aromatic N) is 1. The van der Waals surface area contributed by atoms with Crippen LogP contribution < -0.4 is 10.1 Å². The lowest BCUT2D eigenvalue weighted by Crippen LogP contribution is -2.39. The summed E-state index contributed by atoms with van der Waals surface area (Å²) in [6.07, 6.45) is 2.65. The normalized spacial score (nSPS) is 18.9. The second-order valence-electron chi connectivity index (χ2n) is 5.84. The van der Waals surface area contributed by atoms with Crippen molar-refractivity contribution in [3.8, 4) is 5.75 Å². The molecule has 1 aliphatic rings. The lowest BCUT2D eigenvalue weighted by Gasteiger charge is -2.33. The number of hydrogen-bond donors (Lipinski definition) is 1. The maximum atomic E-state index is 5.52. The largest absolute Gasteiger partial charge is 0.496 e. The van der Waals surface area contributed by atoms with E-state index in [1.54, 1.807) is 7.11 Å². The number of rotatable bonds is 6. The van der Waals surface area contributed by atoms with Gasteiger partial charge in [-0.05, 0) is 44.5 Å². The molecule has 1 aliphatic heterocycles. The van der Waals surface area contributed by atoms with Gasteiger partial charge in [-0.3, -0.25) is 0 Å². The van der Waals surface area contributed by atoms with E-state index in [0.29, 0.717) is 6.04 Å². The molecule has 1 saturated heterocycles. The topological polar surface area (TPSA) is 24.5 Å². The molecule has 0 aromatic heterocycles. The van der Waals surface area contributed by atoms with Crippen molar-refractivity contribution in [1.82, 2.24) is 10.2 Å². The van der Waals surface area contributed by atoms with Gasteiger partial charge in [-0.15, -0.1) is 0 Å². The first-order valence-electron chi connectivity index (χ1n) is 7.83. The number of para-hydroxylation sites is 1. The van der Waals surface area contributed by atoms with Crippen LogP contribution in [0.25, 0.3) is 0 Å². The molecule has 112 valence electrons. The average molecular weight is 276 g/mol. The molecule has 3 heteroatoms. The summed E-state index contributed by atoms with van der Waals surface area (Å²) in [5, 5.41) is 3.61. The molecule has 1 heterocycles. The van der Waals surface area contributed by atoms with Gasteiger partial charge in [-0.25, -0.2) is 0 Å². The Labute approximate surface area is 123 Å². The second kappa shape index (κ2) is 7.65. The molecule has 2 rings (SSSR count). The minimum Gasteiger partial charge on any atom is -0.496 e. The fourth-order valence-electron chi connectivity index (χ4n) is 2.98. The highest BCUT2D eigenvalue weighted by molar-refractivity contribution is 5.36. The third kappa shape index (κ3) is 3.97. The van der Waals surface area contributed by atoms with E-state index < -0.39 is 0 Å². The van der Waals surface area contributed by atoms with Gasteiger partial charge in [0, 0.05) is 18.2 Å². The number of piperidine rings is 1. The SMILES string of the molecule is CCNC(CN1CCC(C)CC1)c1ccccc1OC. The molecule has 1 unspecified atom stereocenters. The Hall–Kier alpha value is -1.06. The van der Waals surface area contributed by atoms with Gasteiger partial charge in [0.1, 0.15) is 5.75 Å². The van der Waals surface area contributed by atoms with Crippen LogP contribution in [0.15, 0.2) is 24.3 Å². The predicted molar refractivity (Wildman–Crippen MR) is 84.2 cm³/mol. The van der Waals surface area contributed by atoms with Crippen LogP contribution in [0.4, 0.5) is 0 Å². The van der Waals surface area contributed by atoms with E-state index in [-0.39, 0.29) is 0 Å². The van der Waals surface area contributed by atoms with Crippen LogP contribution in [0.2, 0.25) is 0 Å². The van der Waals surface area contributed by atoms with Gasteiger partial charge in [0.25, 0.3) is 0 Å². The van der Waals surface area contributed by atoms with Crippen LogP contribution in [-0.4, -0.2) is 38.2 Å². The van der Waals surface area contributed by atoms with Crippen LogP contribution >= 0.6 is 0 Å². The maximum Gasteiger partial charge on any atom is 0.123 e. The molecular formula is C17H28N2O. The summed E-state index contributed by atoms with van der Waals surface area (Å²) < 4.78 is 5.52. The Morgan fingerprint density at radius 1 is 1.30 bits per heavy atom. The van der Waals surface area contributed by atoms with Crippen molar-refractivity contribution in [2.75, 3.05) is 33.3 Å². The molecule has 1 fully saturated rings. The molecule has 0 spiro atoms. The molecule has 0 saturated carbocycles. The van der Waals surface area contributed by atoms with Crippen LogP contribution in [0.5, 0.6) is 5.75 Å².